The van der Waals surface area contributed by atoms with Crippen molar-refractivity contribution < 1.29 is 9.13 Å². The molecule has 0 N–H and O–H groups in total. The molecule has 1 heterocycles. The number of thiazole rings is 1. The van der Waals surface area contributed by atoms with Crippen molar-refractivity contribution in [3.05, 3.63) is 45.1 Å². The van der Waals surface area contributed by atoms with E-state index in [1.807, 2.05) is 5.38 Å². The van der Waals surface area contributed by atoms with Crippen molar-refractivity contribution >= 4 is 27.3 Å². The average molecular weight is 288 g/mol. The zero-order valence-electron chi connectivity index (χ0n) is 7.61. The van der Waals surface area contributed by atoms with Crippen LogP contribution in [0.2, 0.25) is 0 Å². The fourth-order valence-corrected chi connectivity index (χ4v) is 2.05. The van der Waals surface area contributed by atoms with Crippen LogP contribution in [0, 0.1) is 5.82 Å². The Kier molecular flexibility index (Phi) is 3.33. The number of hydrogen-bond donors (Lipinski definition) is 0. The lowest BCUT2D eigenvalue weighted by Crippen LogP contribution is -1.94. The highest BCUT2D eigenvalue weighted by Gasteiger charge is 2.01. The maximum atomic E-state index is 13.0. The lowest BCUT2D eigenvalue weighted by Gasteiger charge is -2.04. The van der Waals surface area contributed by atoms with Crippen molar-refractivity contribution in [1.82, 2.24) is 4.98 Å². The van der Waals surface area contributed by atoms with Gasteiger partial charge in [-0.3, -0.25) is 0 Å². The van der Waals surface area contributed by atoms with Crippen molar-refractivity contribution in [1.29, 1.82) is 0 Å². The molecule has 0 aliphatic rings. The van der Waals surface area contributed by atoms with Crippen LogP contribution in [-0.2, 0) is 6.61 Å². The molecule has 0 aliphatic heterocycles. The van der Waals surface area contributed by atoms with E-state index >= 15 is 0 Å². The molecule has 0 unspecified atom stereocenters. The van der Waals surface area contributed by atoms with E-state index in [2.05, 4.69) is 20.9 Å². The summed E-state index contributed by atoms with van der Waals surface area (Å²) in [4.78, 5) is 4.06. The molecule has 0 aliphatic carbocycles. The number of halogens is 2. The molecule has 78 valence electrons. The van der Waals surface area contributed by atoms with Crippen LogP contribution in [0.15, 0.2) is 34.2 Å². The number of hydrogen-bond acceptors (Lipinski definition) is 3. The number of ether oxygens (including phenoxy) is 1. The van der Waals surface area contributed by atoms with Crippen molar-refractivity contribution in [2.45, 2.75) is 6.61 Å². The second kappa shape index (κ2) is 4.72. The van der Waals surface area contributed by atoms with Gasteiger partial charge in [-0.15, -0.1) is 11.3 Å². The predicted octanol–water partition coefficient (Wildman–Crippen LogP) is 3.62. The predicted molar refractivity (Wildman–Crippen MR) is 60.5 cm³/mol. The maximum absolute atomic E-state index is 13.0. The van der Waals surface area contributed by atoms with Gasteiger partial charge in [0, 0.05) is 22.1 Å². The monoisotopic (exact) mass is 287 g/mol. The quantitative estimate of drug-likeness (QED) is 0.860. The third-order valence-electron chi connectivity index (χ3n) is 1.68. The fraction of sp³-hybridized carbons (Fsp3) is 0.100. The highest BCUT2D eigenvalue weighted by atomic mass is 79.9. The van der Waals surface area contributed by atoms with Crippen LogP contribution in [-0.4, -0.2) is 4.98 Å². The third-order valence-corrected chi connectivity index (χ3v) is 2.89. The van der Waals surface area contributed by atoms with E-state index < -0.39 is 0 Å². The molecule has 1 aromatic carbocycles. The van der Waals surface area contributed by atoms with Crippen molar-refractivity contribution in [3.8, 4) is 5.75 Å². The minimum Gasteiger partial charge on any atom is -0.486 e. The van der Waals surface area contributed by atoms with Gasteiger partial charge in [-0.25, -0.2) is 9.37 Å². The summed E-state index contributed by atoms with van der Waals surface area (Å²) in [7, 11) is 0. The summed E-state index contributed by atoms with van der Waals surface area (Å²) in [6.45, 7) is 0.369. The fourth-order valence-electron chi connectivity index (χ4n) is 1.08. The average Bonchev–Trinajstić information content (AvgIpc) is 2.65. The number of aromatic nitrogens is 1. The van der Waals surface area contributed by atoms with E-state index in [1.165, 1.54) is 23.5 Å². The highest BCUT2D eigenvalue weighted by molar-refractivity contribution is 9.10. The van der Waals surface area contributed by atoms with Gasteiger partial charge in [0.15, 0.2) is 0 Å². The molecule has 0 atom stereocenters. The standard InChI is InChI=1S/C10H7BrFNOS/c11-7-3-8(12)5-9(4-7)14-6-10-13-1-2-15-10/h1-5H,6H2. The van der Waals surface area contributed by atoms with Crippen molar-refractivity contribution in [2.24, 2.45) is 0 Å². The lowest BCUT2D eigenvalue weighted by molar-refractivity contribution is 0.303. The Morgan fingerprint density at radius 3 is 2.93 bits per heavy atom. The first-order chi connectivity index (χ1) is 7.24. The molecule has 0 fully saturated rings. The molecule has 0 amide bonds. The van der Waals surface area contributed by atoms with E-state index in [9.17, 15) is 4.39 Å². The van der Waals surface area contributed by atoms with Gasteiger partial charge in [0.1, 0.15) is 23.2 Å². The Bertz CT molecular complexity index is 426. The van der Waals surface area contributed by atoms with Gasteiger partial charge in [0.05, 0.1) is 0 Å². The van der Waals surface area contributed by atoms with Crippen LogP contribution >= 0.6 is 27.3 Å². The van der Waals surface area contributed by atoms with Gasteiger partial charge in [-0.1, -0.05) is 15.9 Å². The molecule has 15 heavy (non-hydrogen) atoms. The number of benzene rings is 1. The SMILES string of the molecule is Fc1cc(Br)cc(OCc2nccs2)c1. The topological polar surface area (TPSA) is 22.1 Å². The number of rotatable bonds is 3. The Hall–Kier alpha value is -0.940. The van der Waals surface area contributed by atoms with Gasteiger partial charge in [-0.2, -0.15) is 0 Å². The molecule has 5 heteroatoms. The molecule has 0 bridgehead atoms. The van der Waals surface area contributed by atoms with E-state index in [0.29, 0.717) is 16.8 Å². The zero-order chi connectivity index (χ0) is 10.7. The summed E-state index contributed by atoms with van der Waals surface area (Å²) in [5, 5.41) is 2.75. The van der Waals surface area contributed by atoms with Gasteiger partial charge in [0.2, 0.25) is 0 Å². The van der Waals surface area contributed by atoms with Crippen LogP contribution in [0.25, 0.3) is 0 Å². The van der Waals surface area contributed by atoms with Gasteiger partial charge >= 0.3 is 0 Å². The second-order valence-electron chi connectivity index (χ2n) is 2.82. The Morgan fingerprint density at radius 1 is 1.40 bits per heavy atom. The van der Waals surface area contributed by atoms with Crippen LogP contribution in [0.5, 0.6) is 5.75 Å². The Labute approximate surface area is 98.9 Å². The number of nitrogens with zero attached hydrogens (tertiary/aromatic N) is 1. The van der Waals surface area contributed by atoms with Gasteiger partial charge < -0.3 is 4.74 Å². The molecule has 2 rings (SSSR count). The lowest BCUT2D eigenvalue weighted by atomic mass is 10.3. The highest BCUT2D eigenvalue weighted by Crippen LogP contribution is 2.21. The molecule has 2 nitrogen and oxygen atoms in total. The second-order valence-corrected chi connectivity index (χ2v) is 4.71. The molecule has 0 saturated heterocycles. The molecule has 1 aromatic heterocycles. The smallest absolute Gasteiger partial charge is 0.140 e. The summed E-state index contributed by atoms with van der Waals surface area (Å²) in [5.41, 5.74) is 0. The van der Waals surface area contributed by atoms with Gasteiger partial charge in [-0.05, 0) is 12.1 Å². The van der Waals surface area contributed by atoms with E-state index in [0.717, 1.165) is 5.01 Å². The first-order valence-electron chi connectivity index (χ1n) is 4.21. The first kappa shape index (κ1) is 10.6. The van der Waals surface area contributed by atoms with Crippen molar-refractivity contribution in [3.63, 3.8) is 0 Å². The van der Waals surface area contributed by atoms with Crippen LogP contribution in [0.1, 0.15) is 5.01 Å². The first-order valence-corrected chi connectivity index (χ1v) is 5.88. The van der Waals surface area contributed by atoms with Crippen molar-refractivity contribution in [2.75, 3.05) is 0 Å². The Balaban J connectivity index is 2.05. The summed E-state index contributed by atoms with van der Waals surface area (Å²) in [5.74, 6) is 0.176. The zero-order valence-corrected chi connectivity index (χ0v) is 10.0. The summed E-state index contributed by atoms with van der Waals surface area (Å²) >= 11 is 4.71. The largest absolute Gasteiger partial charge is 0.486 e. The summed E-state index contributed by atoms with van der Waals surface area (Å²) in [6.07, 6.45) is 1.71. The molecular formula is C10H7BrFNOS. The van der Waals surface area contributed by atoms with Gasteiger partial charge in [0.25, 0.3) is 0 Å². The maximum Gasteiger partial charge on any atom is 0.140 e. The Morgan fingerprint density at radius 2 is 2.27 bits per heavy atom. The molecule has 0 saturated carbocycles. The molecule has 2 aromatic rings. The van der Waals surface area contributed by atoms with E-state index in [4.69, 9.17) is 4.74 Å². The van der Waals surface area contributed by atoms with E-state index in [-0.39, 0.29) is 5.82 Å². The normalized spacial score (nSPS) is 10.3. The van der Waals surface area contributed by atoms with Crippen LogP contribution in [0.4, 0.5) is 4.39 Å². The summed E-state index contributed by atoms with van der Waals surface area (Å²) in [6, 6.07) is 4.45. The van der Waals surface area contributed by atoms with E-state index in [1.54, 1.807) is 12.3 Å². The third kappa shape index (κ3) is 3.00. The van der Waals surface area contributed by atoms with Crippen LogP contribution in [0.3, 0.4) is 0 Å². The minimum absolute atomic E-state index is 0.321. The minimum atomic E-state index is -0.321. The molecule has 0 spiro atoms. The van der Waals surface area contributed by atoms with Crippen LogP contribution < -0.4 is 4.74 Å². The molecule has 0 radical (unpaired) electrons. The summed E-state index contributed by atoms with van der Waals surface area (Å²) < 4.78 is 19.0. The molecular weight excluding hydrogens is 281 g/mol.